The van der Waals surface area contributed by atoms with Crippen LogP contribution < -0.4 is 15.0 Å². The van der Waals surface area contributed by atoms with Crippen LogP contribution >= 0.6 is 11.3 Å². The molecular formula is C23H21NO3S. The molecule has 0 saturated heterocycles. The zero-order valence-electron chi connectivity index (χ0n) is 16.0. The molecule has 0 unspecified atom stereocenters. The lowest BCUT2D eigenvalue weighted by Gasteiger charge is -2.16. The summed E-state index contributed by atoms with van der Waals surface area (Å²) < 4.78 is 11.0. The molecule has 0 atom stereocenters. The molecule has 4 rings (SSSR count). The quantitative estimate of drug-likeness (QED) is 0.488. The summed E-state index contributed by atoms with van der Waals surface area (Å²) in [7, 11) is 3.17. The first-order chi connectivity index (χ1) is 13.7. The van der Waals surface area contributed by atoms with Crippen LogP contribution in [-0.2, 0) is 6.42 Å². The van der Waals surface area contributed by atoms with Gasteiger partial charge in [-0.05, 0) is 41.1 Å². The minimum Gasteiger partial charge on any atom is -0.493 e. The molecule has 142 valence electrons. The lowest BCUT2D eigenvalue weighted by atomic mass is 9.93. The number of benzene rings is 2. The summed E-state index contributed by atoms with van der Waals surface area (Å²) in [5.74, 6) is 1.12. The fourth-order valence-electron chi connectivity index (χ4n) is 3.59. The Hall–Kier alpha value is -3.05. The van der Waals surface area contributed by atoms with Gasteiger partial charge in [0.05, 0.1) is 25.3 Å². The van der Waals surface area contributed by atoms with E-state index in [1.165, 1.54) is 5.56 Å². The molecule has 0 fully saturated rings. The Labute approximate surface area is 167 Å². The monoisotopic (exact) mass is 391 g/mol. The molecule has 0 bridgehead atoms. The van der Waals surface area contributed by atoms with Gasteiger partial charge in [-0.15, -0.1) is 11.3 Å². The number of aryl methyl sites for hydroxylation is 1. The van der Waals surface area contributed by atoms with Crippen LogP contribution in [0.25, 0.3) is 32.5 Å². The number of methoxy groups -OCH3 is 2. The van der Waals surface area contributed by atoms with E-state index in [-0.39, 0.29) is 5.56 Å². The summed E-state index contributed by atoms with van der Waals surface area (Å²) in [5.41, 5.74) is 4.34. The van der Waals surface area contributed by atoms with Gasteiger partial charge in [0.2, 0.25) is 0 Å². The van der Waals surface area contributed by atoms with E-state index < -0.39 is 0 Å². The van der Waals surface area contributed by atoms with Crippen molar-refractivity contribution in [2.24, 2.45) is 0 Å². The third-order valence-corrected chi connectivity index (χ3v) is 5.81. The maximum absolute atomic E-state index is 13.2. The molecular weight excluding hydrogens is 370 g/mol. The van der Waals surface area contributed by atoms with E-state index in [1.807, 2.05) is 35.7 Å². The average molecular weight is 391 g/mol. The summed E-state index contributed by atoms with van der Waals surface area (Å²) >= 11 is 1.56. The van der Waals surface area contributed by atoms with Crippen molar-refractivity contribution in [2.75, 3.05) is 14.2 Å². The van der Waals surface area contributed by atoms with Crippen LogP contribution in [0.15, 0.2) is 58.7 Å². The second kappa shape index (κ2) is 7.52. The fourth-order valence-corrected chi connectivity index (χ4v) is 4.36. The van der Waals surface area contributed by atoms with Crippen LogP contribution in [0.4, 0.5) is 0 Å². The van der Waals surface area contributed by atoms with Gasteiger partial charge in [0, 0.05) is 15.8 Å². The highest BCUT2D eigenvalue weighted by Gasteiger charge is 2.20. The Balaban J connectivity index is 2.17. The minimum absolute atomic E-state index is 0.140. The Kier molecular flexibility index (Phi) is 4.92. The van der Waals surface area contributed by atoms with E-state index in [2.05, 4.69) is 30.1 Å². The standard InChI is InChI=1S/C23H21NO3S/c1-4-14-7-5-8-15(13-14)19-16-10-11-17(26-2)22(27-3)21(16)24-23(25)20(19)18-9-6-12-28-18/h5-13H,4H2,1-3H3,(H,24,25). The molecule has 0 amide bonds. The number of thiophene rings is 1. The first-order valence-electron chi connectivity index (χ1n) is 9.12. The molecule has 1 N–H and O–H groups in total. The highest BCUT2D eigenvalue weighted by molar-refractivity contribution is 7.13. The SMILES string of the molecule is CCc1cccc(-c2c(-c3cccs3)c(=O)[nH]c3c(OC)c(OC)ccc23)c1. The third kappa shape index (κ3) is 2.98. The normalized spacial score (nSPS) is 11.0. The number of fused-ring (bicyclic) bond motifs is 1. The second-order valence-electron chi connectivity index (χ2n) is 6.46. The first kappa shape index (κ1) is 18.3. The number of hydrogen-bond donors (Lipinski definition) is 1. The molecule has 2 heterocycles. The Morgan fingerprint density at radius 3 is 2.54 bits per heavy atom. The van der Waals surface area contributed by atoms with Crippen molar-refractivity contribution in [3.63, 3.8) is 0 Å². The largest absolute Gasteiger partial charge is 0.493 e. The van der Waals surface area contributed by atoms with E-state index in [9.17, 15) is 4.79 Å². The predicted octanol–water partition coefficient (Wildman–Crippen LogP) is 5.50. The van der Waals surface area contributed by atoms with Gasteiger partial charge in [0.15, 0.2) is 11.5 Å². The number of rotatable bonds is 5. The topological polar surface area (TPSA) is 51.3 Å². The van der Waals surface area contributed by atoms with E-state index >= 15 is 0 Å². The number of H-pyrrole nitrogens is 1. The van der Waals surface area contributed by atoms with Crippen LogP contribution in [0.1, 0.15) is 12.5 Å². The first-order valence-corrected chi connectivity index (χ1v) is 10.00. The number of nitrogens with one attached hydrogen (secondary N) is 1. The van der Waals surface area contributed by atoms with Crippen LogP contribution in [0, 0.1) is 0 Å². The second-order valence-corrected chi connectivity index (χ2v) is 7.41. The Morgan fingerprint density at radius 2 is 1.86 bits per heavy atom. The summed E-state index contributed by atoms with van der Waals surface area (Å²) in [6, 6.07) is 16.2. The number of ether oxygens (including phenoxy) is 2. The number of hydrogen-bond acceptors (Lipinski definition) is 4. The van der Waals surface area contributed by atoms with Crippen LogP contribution in [0.5, 0.6) is 11.5 Å². The van der Waals surface area contributed by atoms with Crippen molar-refractivity contribution >= 4 is 22.2 Å². The molecule has 28 heavy (non-hydrogen) atoms. The lowest BCUT2D eigenvalue weighted by Crippen LogP contribution is -2.11. The summed E-state index contributed by atoms with van der Waals surface area (Å²) in [5, 5.41) is 2.91. The molecule has 0 radical (unpaired) electrons. The van der Waals surface area contributed by atoms with Crippen molar-refractivity contribution in [1.29, 1.82) is 0 Å². The summed E-state index contributed by atoms with van der Waals surface area (Å²) in [6.45, 7) is 2.13. The third-order valence-electron chi connectivity index (χ3n) is 4.92. The molecule has 0 aliphatic rings. The van der Waals surface area contributed by atoms with Gasteiger partial charge in [-0.2, -0.15) is 0 Å². The van der Waals surface area contributed by atoms with Crippen molar-refractivity contribution in [3.8, 4) is 33.1 Å². The van der Waals surface area contributed by atoms with Crippen molar-refractivity contribution < 1.29 is 9.47 Å². The van der Waals surface area contributed by atoms with Crippen molar-refractivity contribution in [2.45, 2.75) is 13.3 Å². The van der Waals surface area contributed by atoms with E-state index in [1.54, 1.807) is 25.6 Å². The van der Waals surface area contributed by atoms with Crippen molar-refractivity contribution in [3.05, 3.63) is 69.8 Å². The Bertz CT molecular complexity index is 1190. The van der Waals surface area contributed by atoms with Crippen LogP contribution in [0.3, 0.4) is 0 Å². The molecule has 0 spiro atoms. The van der Waals surface area contributed by atoms with Crippen LogP contribution in [0.2, 0.25) is 0 Å². The molecule has 5 heteroatoms. The maximum Gasteiger partial charge on any atom is 0.257 e. The number of aromatic nitrogens is 1. The van der Waals surface area contributed by atoms with E-state index in [4.69, 9.17) is 9.47 Å². The van der Waals surface area contributed by atoms with Gasteiger partial charge < -0.3 is 14.5 Å². The molecule has 4 nitrogen and oxygen atoms in total. The van der Waals surface area contributed by atoms with Gasteiger partial charge in [-0.25, -0.2) is 0 Å². The fraction of sp³-hybridized carbons (Fsp3) is 0.174. The van der Waals surface area contributed by atoms with Gasteiger partial charge in [-0.3, -0.25) is 4.79 Å². The minimum atomic E-state index is -0.140. The van der Waals surface area contributed by atoms with Crippen molar-refractivity contribution in [1.82, 2.24) is 4.98 Å². The maximum atomic E-state index is 13.2. The van der Waals surface area contributed by atoms with Crippen LogP contribution in [-0.4, -0.2) is 19.2 Å². The zero-order valence-corrected chi connectivity index (χ0v) is 16.9. The molecule has 2 aromatic heterocycles. The number of aromatic amines is 1. The van der Waals surface area contributed by atoms with E-state index in [0.717, 1.165) is 27.8 Å². The summed E-state index contributed by atoms with van der Waals surface area (Å²) in [6.07, 6.45) is 0.931. The molecule has 0 aliphatic heterocycles. The molecule has 0 aliphatic carbocycles. The smallest absolute Gasteiger partial charge is 0.257 e. The molecule has 0 saturated carbocycles. The van der Waals surface area contributed by atoms with Gasteiger partial charge in [-0.1, -0.05) is 37.3 Å². The molecule has 2 aromatic carbocycles. The zero-order chi connectivity index (χ0) is 19.7. The van der Waals surface area contributed by atoms with E-state index in [0.29, 0.717) is 22.6 Å². The highest BCUT2D eigenvalue weighted by atomic mass is 32.1. The van der Waals surface area contributed by atoms with Gasteiger partial charge in [0.1, 0.15) is 0 Å². The molecule has 4 aromatic rings. The summed E-state index contributed by atoms with van der Waals surface area (Å²) in [4.78, 5) is 17.2. The highest BCUT2D eigenvalue weighted by Crippen LogP contribution is 2.42. The average Bonchev–Trinajstić information content (AvgIpc) is 3.26. The van der Waals surface area contributed by atoms with Gasteiger partial charge >= 0.3 is 0 Å². The van der Waals surface area contributed by atoms with Gasteiger partial charge in [0.25, 0.3) is 5.56 Å². The lowest BCUT2D eigenvalue weighted by molar-refractivity contribution is 0.358. The Morgan fingerprint density at radius 1 is 1.00 bits per heavy atom. The predicted molar refractivity (Wildman–Crippen MR) is 116 cm³/mol. The number of pyridine rings is 1.